The Bertz CT molecular complexity index is 1290. The van der Waals surface area contributed by atoms with Gasteiger partial charge in [0.1, 0.15) is 16.8 Å². The van der Waals surface area contributed by atoms with Crippen LogP contribution in [0.3, 0.4) is 0 Å². The third-order valence-corrected chi connectivity index (χ3v) is 5.84. The van der Waals surface area contributed by atoms with E-state index >= 15 is 0 Å². The molecule has 0 aliphatic rings. The maximum Gasteiger partial charge on any atom is 0.259 e. The molecule has 0 spiro atoms. The fraction of sp³-hybridized carbons (Fsp3) is 0.269. The van der Waals surface area contributed by atoms with Gasteiger partial charge in [-0.1, -0.05) is 12.1 Å². The molecule has 0 radical (unpaired) electrons. The second-order valence-electron chi connectivity index (χ2n) is 7.94. The van der Waals surface area contributed by atoms with Crippen LogP contribution in [0.1, 0.15) is 35.3 Å². The van der Waals surface area contributed by atoms with Crippen molar-refractivity contribution in [3.05, 3.63) is 71.3 Å². The second kappa shape index (κ2) is 9.32. The summed E-state index contributed by atoms with van der Waals surface area (Å²) in [6.45, 7) is 10.1. The highest BCUT2D eigenvalue weighted by atomic mass is 16.5. The molecule has 0 bridgehead atoms. The lowest BCUT2D eigenvalue weighted by molar-refractivity contribution is 0.102. The van der Waals surface area contributed by atoms with Gasteiger partial charge in [-0.2, -0.15) is 4.80 Å². The summed E-state index contributed by atoms with van der Waals surface area (Å²) < 4.78 is 5.44. The van der Waals surface area contributed by atoms with E-state index in [-0.39, 0.29) is 5.91 Å². The molecule has 1 aromatic heterocycles. The number of carbonyl (C=O) groups is 1. The molecule has 0 aliphatic heterocycles. The molecule has 33 heavy (non-hydrogen) atoms. The molecule has 4 rings (SSSR count). The van der Waals surface area contributed by atoms with Gasteiger partial charge in [0, 0.05) is 24.5 Å². The largest absolute Gasteiger partial charge is 0.496 e. The highest BCUT2D eigenvalue weighted by Crippen LogP contribution is 2.27. The number of amides is 1. The first-order valence-corrected chi connectivity index (χ1v) is 11.1. The van der Waals surface area contributed by atoms with Crippen molar-refractivity contribution in [1.29, 1.82) is 0 Å². The quantitative estimate of drug-likeness (QED) is 0.428. The first-order chi connectivity index (χ1) is 15.9. The minimum atomic E-state index is -0.225. The lowest BCUT2D eigenvalue weighted by Crippen LogP contribution is -2.21. The summed E-state index contributed by atoms with van der Waals surface area (Å²) in [7, 11) is 1.57. The molecule has 0 saturated carbocycles. The molecule has 0 atom stereocenters. The van der Waals surface area contributed by atoms with Crippen molar-refractivity contribution in [3.8, 4) is 11.4 Å². The number of methoxy groups -OCH3 is 1. The molecule has 0 saturated heterocycles. The van der Waals surface area contributed by atoms with Crippen molar-refractivity contribution in [1.82, 2.24) is 15.0 Å². The Morgan fingerprint density at radius 1 is 0.970 bits per heavy atom. The van der Waals surface area contributed by atoms with Crippen LogP contribution in [0.2, 0.25) is 0 Å². The Morgan fingerprint density at radius 3 is 2.27 bits per heavy atom. The summed E-state index contributed by atoms with van der Waals surface area (Å²) in [6, 6.07) is 17.5. The number of aryl methyl sites for hydroxylation is 2. The average molecular weight is 444 g/mol. The van der Waals surface area contributed by atoms with Crippen LogP contribution in [0.5, 0.6) is 5.75 Å². The number of rotatable bonds is 7. The fourth-order valence-corrected chi connectivity index (χ4v) is 4.00. The third-order valence-electron chi connectivity index (χ3n) is 5.84. The van der Waals surface area contributed by atoms with Gasteiger partial charge < -0.3 is 15.0 Å². The van der Waals surface area contributed by atoms with E-state index in [1.165, 1.54) is 5.69 Å². The van der Waals surface area contributed by atoms with Crippen LogP contribution in [0.15, 0.2) is 54.6 Å². The molecule has 4 aromatic rings. The summed E-state index contributed by atoms with van der Waals surface area (Å²) >= 11 is 0. The number of hydrogen-bond donors (Lipinski definition) is 1. The van der Waals surface area contributed by atoms with Gasteiger partial charge in [-0.15, -0.1) is 10.2 Å². The molecule has 0 fully saturated rings. The predicted octanol–water partition coefficient (Wildman–Crippen LogP) is 5.14. The second-order valence-corrected chi connectivity index (χ2v) is 7.94. The van der Waals surface area contributed by atoms with E-state index in [1.54, 1.807) is 18.0 Å². The van der Waals surface area contributed by atoms with Crippen LogP contribution in [0.25, 0.3) is 16.7 Å². The zero-order valence-corrected chi connectivity index (χ0v) is 19.7. The Morgan fingerprint density at radius 2 is 1.64 bits per heavy atom. The van der Waals surface area contributed by atoms with Crippen LogP contribution < -0.4 is 15.0 Å². The van der Waals surface area contributed by atoms with Gasteiger partial charge in [0.05, 0.1) is 18.4 Å². The Hall–Kier alpha value is -3.87. The molecular formula is C26H29N5O2. The van der Waals surface area contributed by atoms with Crippen molar-refractivity contribution < 1.29 is 9.53 Å². The molecule has 1 amide bonds. The van der Waals surface area contributed by atoms with Gasteiger partial charge in [-0.25, -0.2) is 0 Å². The zero-order valence-electron chi connectivity index (χ0n) is 19.7. The lowest BCUT2D eigenvalue weighted by Gasteiger charge is -2.20. The van der Waals surface area contributed by atoms with Crippen molar-refractivity contribution in [3.63, 3.8) is 0 Å². The van der Waals surface area contributed by atoms with Crippen LogP contribution >= 0.6 is 0 Å². The Balaban J connectivity index is 1.62. The van der Waals surface area contributed by atoms with E-state index in [1.807, 2.05) is 50.2 Å². The van der Waals surface area contributed by atoms with E-state index in [2.05, 4.69) is 46.4 Å². The SMILES string of the molecule is CCN(CC)c1ccc(-n2nc3cc(C)c(NC(=O)c4cccc(C)c4OC)cc3n2)cc1. The van der Waals surface area contributed by atoms with Crippen molar-refractivity contribution in [2.24, 2.45) is 0 Å². The van der Waals surface area contributed by atoms with Gasteiger partial charge in [-0.05, 0) is 81.3 Å². The number of nitrogens with zero attached hydrogens (tertiary/aromatic N) is 4. The summed E-state index contributed by atoms with van der Waals surface area (Å²) in [5.41, 5.74) is 6.54. The van der Waals surface area contributed by atoms with E-state index < -0.39 is 0 Å². The molecule has 0 aliphatic carbocycles. The summed E-state index contributed by atoms with van der Waals surface area (Å²) in [5, 5.41) is 12.3. The van der Waals surface area contributed by atoms with Gasteiger partial charge in [-0.3, -0.25) is 4.79 Å². The average Bonchev–Trinajstić information content (AvgIpc) is 3.23. The first-order valence-electron chi connectivity index (χ1n) is 11.1. The fourth-order valence-electron chi connectivity index (χ4n) is 4.00. The third kappa shape index (κ3) is 4.39. The van der Waals surface area contributed by atoms with Gasteiger partial charge in [0.15, 0.2) is 0 Å². The molecule has 7 heteroatoms. The normalized spacial score (nSPS) is 10.9. The maximum atomic E-state index is 13.0. The van der Waals surface area contributed by atoms with Crippen LogP contribution in [0.4, 0.5) is 11.4 Å². The predicted molar refractivity (Wildman–Crippen MR) is 133 cm³/mol. The summed E-state index contributed by atoms with van der Waals surface area (Å²) in [6.07, 6.45) is 0. The van der Waals surface area contributed by atoms with Crippen LogP contribution in [0, 0.1) is 13.8 Å². The molecular weight excluding hydrogens is 414 g/mol. The number of aromatic nitrogens is 3. The van der Waals surface area contributed by atoms with Crippen molar-refractivity contribution in [2.45, 2.75) is 27.7 Å². The minimum absolute atomic E-state index is 0.225. The van der Waals surface area contributed by atoms with E-state index in [4.69, 9.17) is 4.74 Å². The first kappa shape index (κ1) is 22.3. The number of carbonyl (C=O) groups excluding carboxylic acids is 1. The maximum absolute atomic E-state index is 13.0. The number of benzene rings is 3. The molecule has 0 unspecified atom stereocenters. The molecule has 3 aromatic carbocycles. The van der Waals surface area contributed by atoms with Gasteiger partial charge >= 0.3 is 0 Å². The number of anilines is 2. The number of para-hydroxylation sites is 1. The van der Waals surface area contributed by atoms with Crippen molar-refractivity contribution in [2.75, 3.05) is 30.4 Å². The zero-order chi connectivity index (χ0) is 23.5. The molecule has 170 valence electrons. The summed E-state index contributed by atoms with van der Waals surface area (Å²) in [5.74, 6) is 0.352. The van der Waals surface area contributed by atoms with Gasteiger partial charge in [0.2, 0.25) is 0 Å². The highest BCUT2D eigenvalue weighted by molar-refractivity contribution is 6.07. The highest BCUT2D eigenvalue weighted by Gasteiger charge is 2.16. The van der Waals surface area contributed by atoms with E-state index in [0.29, 0.717) is 22.5 Å². The van der Waals surface area contributed by atoms with E-state index in [9.17, 15) is 4.79 Å². The van der Waals surface area contributed by atoms with Gasteiger partial charge in [0.25, 0.3) is 5.91 Å². The standard InChI is InChI=1S/C26H29N5O2/c1-6-30(7-2)19-11-13-20(14-12-19)31-28-23-15-18(4)22(16-24(23)29-31)27-26(32)21-10-8-9-17(3)25(21)33-5/h8-16H,6-7H2,1-5H3,(H,27,32). The summed E-state index contributed by atoms with van der Waals surface area (Å²) in [4.78, 5) is 16.9. The molecule has 7 nitrogen and oxygen atoms in total. The topological polar surface area (TPSA) is 72.3 Å². The lowest BCUT2D eigenvalue weighted by atomic mass is 10.1. The van der Waals surface area contributed by atoms with E-state index in [0.717, 1.165) is 35.4 Å². The van der Waals surface area contributed by atoms with Crippen LogP contribution in [-0.2, 0) is 0 Å². The Labute approximate surface area is 194 Å². The number of nitrogens with one attached hydrogen (secondary N) is 1. The minimum Gasteiger partial charge on any atom is -0.496 e. The number of fused-ring (bicyclic) bond motifs is 1. The van der Waals surface area contributed by atoms with Crippen molar-refractivity contribution >= 4 is 28.3 Å². The smallest absolute Gasteiger partial charge is 0.259 e. The number of hydrogen-bond acceptors (Lipinski definition) is 5. The monoisotopic (exact) mass is 443 g/mol. The Kier molecular flexibility index (Phi) is 6.31. The molecule has 1 heterocycles. The number of ether oxygens (including phenoxy) is 1. The molecule has 1 N–H and O–H groups in total. The van der Waals surface area contributed by atoms with Crippen LogP contribution in [-0.4, -0.2) is 41.1 Å².